The largest absolute Gasteiger partial charge is 0.497 e. The van der Waals surface area contributed by atoms with Crippen molar-refractivity contribution in [2.45, 2.75) is 43.9 Å². The smallest absolute Gasteiger partial charge is 0.120 e. The summed E-state index contributed by atoms with van der Waals surface area (Å²) in [4.78, 5) is 0. The SMILES string of the molecule is COc1ccc(C(Cl)C2CCCCCC2)c(Br)c1. The lowest BCUT2D eigenvalue weighted by molar-refractivity contribution is 0.413. The molecule has 1 aromatic carbocycles. The molecule has 0 heterocycles. The summed E-state index contributed by atoms with van der Waals surface area (Å²) in [5, 5.41) is 0.114. The summed E-state index contributed by atoms with van der Waals surface area (Å²) in [5.74, 6) is 1.48. The summed E-state index contributed by atoms with van der Waals surface area (Å²) in [7, 11) is 1.69. The second kappa shape index (κ2) is 6.81. The Balaban J connectivity index is 2.14. The molecule has 0 radical (unpaired) electrons. The Morgan fingerprint density at radius 1 is 1.22 bits per heavy atom. The summed E-state index contributed by atoms with van der Waals surface area (Å²) < 4.78 is 6.28. The number of hydrogen-bond acceptors (Lipinski definition) is 1. The Labute approximate surface area is 123 Å². The van der Waals surface area contributed by atoms with E-state index in [2.05, 4.69) is 22.0 Å². The molecular formula is C15H20BrClO. The van der Waals surface area contributed by atoms with Crippen LogP contribution in [0.4, 0.5) is 0 Å². The summed E-state index contributed by atoms with van der Waals surface area (Å²) in [6, 6.07) is 6.08. The van der Waals surface area contributed by atoms with Gasteiger partial charge in [0.15, 0.2) is 0 Å². The summed E-state index contributed by atoms with van der Waals surface area (Å²) in [6.07, 6.45) is 7.89. The zero-order valence-electron chi connectivity index (χ0n) is 10.8. The van der Waals surface area contributed by atoms with E-state index in [1.54, 1.807) is 7.11 Å². The zero-order valence-corrected chi connectivity index (χ0v) is 13.1. The molecule has 1 fully saturated rings. The Kier molecular flexibility index (Phi) is 5.38. The van der Waals surface area contributed by atoms with Gasteiger partial charge in [0.2, 0.25) is 0 Å². The molecule has 0 saturated heterocycles. The molecule has 0 aliphatic heterocycles. The quantitative estimate of drug-likeness (QED) is 0.509. The van der Waals surface area contributed by atoms with Gasteiger partial charge in [0.05, 0.1) is 12.5 Å². The van der Waals surface area contributed by atoms with E-state index in [1.165, 1.54) is 44.1 Å². The van der Waals surface area contributed by atoms with Crippen molar-refractivity contribution in [1.29, 1.82) is 0 Å². The summed E-state index contributed by atoms with van der Waals surface area (Å²) in [6.45, 7) is 0. The van der Waals surface area contributed by atoms with E-state index < -0.39 is 0 Å². The van der Waals surface area contributed by atoms with Crippen LogP contribution in [0.3, 0.4) is 0 Å². The van der Waals surface area contributed by atoms with Crippen LogP contribution in [-0.2, 0) is 0 Å². The van der Waals surface area contributed by atoms with Gasteiger partial charge in [-0.25, -0.2) is 0 Å². The minimum absolute atomic E-state index is 0.114. The summed E-state index contributed by atoms with van der Waals surface area (Å²) in [5.41, 5.74) is 1.20. The van der Waals surface area contributed by atoms with Crippen LogP contribution in [0, 0.1) is 5.92 Å². The maximum atomic E-state index is 6.69. The van der Waals surface area contributed by atoms with Crippen molar-refractivity contribution in [3.8, 4) is 5.75 Å². The molecule has 0 N–H and O–H groups in total. The van der Waals surface area contributed by atoms with Gasteiger partial charge < -0.3 is 4.74 Å². The lowest BCUT2D eigenvalue weighted by atomic mass is 9.92. The van der Waals surface area contributed by atoms with Crippen LogP contribution in [0.15, 0.2) is 22.7 Å². The highest BCUT2D eigenvalue weighted by atomic mass is 79.9. The number of halogens is 2. The highest BCUT2D eigenvalue weighted by molar-refractivity contribution is 9.10. The van der Waals surface area contributed by atoms with Crippen LogP contribution in [-0.4, -0.2) is 7.11 Å². The second-order valence-corrected chi connectivity index (χ2v) is 6.37. The Hall–Kier alpha value is -0.210. The highest BCUT2D eigenvalue weighted by Crippen LogP contribution is 2.41. The van der Waals surface area contributed by atoms with Crippen molar-refractivity contribution in [2.24, 2.45) is 5.92 Å². The van der Waals surface area contributed by atoms with E-state index in [0.29, 0.717) is 5.92 Å². The number of methoxy groups -OCH3 is 1. The van der Waals surface area contributed by atoms with Crippen molar-refractivity contribution in [1.82, 2.24) is 0 Å². The van der Waals surface area contributed by atoms with Gasteiger partial charge in [-0.1, -0.05) is 47.7 Å². The fourth-order valence-electron chi connectivity index (χ4n) is 2.72. The lowest BCUT2D eigenvalue weighted by Crippen LogP contribution is -2.08. The molecule has 1 nitrogen and oxygen atoms in total. The maximum Gasteiger partial charge on any atom is 0.120 e. The molecule has 0 aromatic heterocycles. The first-order valence-electron chi connectivity index (χ1n) is 6.70. The predicted molar refractivity (Wildman–Crippen MR) is 80.5 cm³/mol. The fraction of sp³-hybridized carbons (Fsp3) is 0.600. The van der Waals surface area contributed by atoms with Crippen molar-refractivity contribution < 1.29 is 4.74 Å². The minimum atomic E-state index is 0.114. The molecule has 2 rings (SSSR count). The van der Waals surface area contributed by atoms with Gasteiger partial charge in [-0.3, -0.25) is 0 Å². The third-order valence-electron chi connectivity index (χ3n) is 3.82. The molecule has 3 heteroatoms. The van der Waals surface area contributed by atoms with Gasteiger partial charge in [-0.05, 0) is 36.5 Å². The lowest BCUT2D eigenvalue weighted by Gasteiger charge is -2.22. The van der Waals surface area contributed by atoms with Gasteiger partial charge in [-0.15, -0.1) is 11.6 Å². The number of alkyl halides is 1. The molecule has 1 aliphatic carbocycles. The van der Waals surface area contributed by atoms with E-state index >= 15 is 0 Å². The molecule has 100 valence electrons. The normalized spacial score (nSPS) is 19.3. The summed E-state index contributed by atoms with van der Waals surface area (Å²) >= 11 is 10.3. The number of rotatable bonds is 3. The predicted octanol–water partition coefficient (Wildman–Crippen LogP) is 5.71. The van der Waals surface area contributed by atoms with Crippen LogP contribution < -0.4 is 4.74 Å². The Bertz CT molecular complexity index is 386. The number of ether oxygens (including phenoxy) is 1. The highest BCUT2D eigenvalue weighted by Gasteiger charge is 2.23. The Morgan fingerprint density at radius 3 is 2.44 bits per heavy atom. The van der Waals surface area contributed by atoms with Gasteiger partial charge >= 0.3 is 0 Å². The van der Waals surface area contributed by atoms with Crippen LogP contribution in [0.1, 0.15) is 49.5 Å². The van der Waals surface area contributed by atoms with E-state index in [-0.39, 0.29) is 5.38 Å². The molecule has 0 amide bonds. The maximum absolute atomic E-state index is 6.69. The molecule has 1 unspecified atom stereocenters. The van der Waals surface area contributed by atoms with E-state index in [0.717, 1.165) is 10.2 Å². The molecule has 0 spiro atoms. The first kappa shape index (κ1) is 14.2. The monoisotopic (exact) mass is 330 g/mol. The average Bonchev–Trinajstić information content (AvgIpc) is 2.66. The third kappa shape index (κ3) is 3.42. The molecule has 18 heavy (non-hydrogen) atoms. The topological polar surface area (TPSA) is 9.23 Å². The zero-order chi connectivity index (χ0) is 13.0. The van der Waals surface area contributed by atoms with Gasteiger partial charge in [0, 0.05) is 4.47 Å². The van der Waals surface area contributed by atoms with Crippen molar-refractivity contribution in [3.63, 3.8) is 0 Å². The fourth-order valence-corrected chi connectivity index (χ4v) is 3.89. The second-order valence-electron chi connectivity index (χ2n) is 5.04. The molecule has 1 aliphatic rings. The molecular weight excluding hydrogens is 312 g/mol. The molecule has 1 saturated carbocycles. The number of hydrogen-bond donors (Lipinski definition) is 0. The van der Waals surface area contributed by atoms with Crippen LogP contribution in [0.25, 0.3) is 0 Å². The first-order valence-corrected chi connectivity index (χ1v) is 7.93. The van der Waals surface area contributed by atoms with Crippen molar-refractivity contribution >= 4 is 27.5 Å². The van der Waals surface area contributed by atoms with Crippen LogP contribution in [0.2, 0.25) is 0 Å². The van der Waals surface area contributed by atoms with Crippen LogP contribution >= 0.6 is 27.5 Å². The van der Waals surface area contributed by atoms with Gasteiger partial charge in [-0.2, -0.15) is 0 Å². The van der Waals surface area contributed by atoms with Gasteiger partial charge in [0.1, 0.15) is 5.75 Å². The van der Waals surface area contributed by atoms with E-state index in [1.807, 2.05) is 12.1 Å². The van der Waals surface area contributed by atoms with Crippen molar-refractivity contribution in [2.75, 3.05) is 7.11 Å². The van der Waals surface area contributed by atoms with Crippen molar-refractivity contribution in [3.05, 3.63) is 28.2 Å². The minimum Gasteiger partial charge on any atom is -0.497 e. The average molecular weight is 332 g/mol. The van der Waals surface area contributed by atoms with E-state index in [4.69, 9.17) is 16.3 Å². The first-order chi connectivity index (χ1) is 8.72. The molecule has 1 aromatic rings. The van der Waals surface area contributed by atoms with Crippen LogP contribution in [0.5, 0.6) is 5.75 Å². The molecule has 1 atom stereocenters. The standard InChI is InChI=1S/C15H20BrClO/c1-18-12-8-9-13(14(16)10-12)15(17)11-6-4-2-3-5-7-11/h8-11,15H,2-7H2,1H3. The third-order valence-corrected chi connectivity index (χ3v) is 5.10. The van der Waals surface area contributed by atoms with E-state index in [9.17, 15) is 0 Å². The molecule has 0 bridgehead atoms. The number of benzene rings is 1. The Morgan fingerprint density at radius 2 is 1.89 bits per heavy atom. The van der Waals surface area contributed by atoms with Gasteiger partial charge in [0.25, 0.3) is 0 Å².